The van der Waals surface area contributed by atoms with Crippen molar-refractivity contribution in [3.8, 4) is 0 Å². The van der Waals surface area contributed by atoms with E-state index in [1.807, 2.05) is 18.2 Å². The van der Waals surface area contributed by atoms with Gasteiger partial charge in [0.25, 0.3) is 5.69 Å². The highest BCUT2D eigenvalue weighted by atomic mass is 28.3. The van der Waals surface area contributed by atoms with Crippen LogP contribution in [0.4, 0.5) is 5.69 Å². The van der Waals surface area contributed by atoms with Gasteiger partial charge in [-0.2, -0.15) is 0 Å². The van der Waals surface area contributed by atoms with Gasteiger partial charge in [0.05, 0.1) is 13.0 Å². The molecule has 1 unspecified atom stereocenters. The number of aryl methyl sites for hydroxylation is 1. The molecule has 0 aliphatic rings. The SMILES string of the molecule is Cn1ccc2cc([Si](C)(C)C(c3ccccc3)c3ccc([N+](=O)[O-])cc3)ccc21. The van der Waals surface area contributed by atoms with Gasteiger partial charge >= 0.3 is 0 Å². The lowest BCUT2D eigenvalue weighted by Crippen LogP contribution is -2.48. The van der Waals surface area contributed by atoms with Gasteiger partial charge in [0, 0.05) is 36.4 Å². The molecule has 1 aromatic heterocycles. The summed E-state index contributed by atoms with van der Waals surface area (Å²) in [6, 6.07) is 26.5. The highest BCUT2D eigenvalue weighted by molar-refractivity contribution is 6.91. The first kappa shape index (κ1) is 19.1. The Morgan fingerprint density at radius 2 is 1.55 bits per heavy atom. The molecule has 0 fully saturated rings. The van der Waals surface area contributed by atoms with Crippen LogP contribution in [0.1, 0.15) is 16.7 Å². The molecule has 4 nitrogen and oxygen atoms in total. The Kier molecular flexibility index (Phi) is 4.84. The maximum Gasteiger partial charge on any atom is 0.269 e. The van der Waals surface area contributed by atoms with Crippen molar-refractivity contribution in [3.63, 3.8) is 0 Å². The van der Waals surface area contributed by atoms with Crippen LogP contribution in [0.25, 0.3) is 10.9 Å². The lowest BCUT2D eigenvalue weighted by molar-refractivity contribution is -0.384. The number of nitrogens with zero attached hydrogens (tertiary/aromatic N) is 2. The summed E-state index contributed by atoms with van der Waals surface area (Å²) in [7, 11) is 0.0415. The number of nitro groups is 1. The molecule has 0 saturated heterocycles. The maximum atomic E-state index is 11.1. The van der Waals surface area contributed by atoms with E-state index in [9.17, 15) is 10.1 Å². The normalized spacial score (nSPS) is 12.8. The summed E-state index contributed by atoms with van der Waals surface area (Å²) in [5, 5.41) is 13.7. The number of fused-ring (bicyclic) bond motifs is 1. The van der Waals surface area contributed by atoms with Crippen LogP contribution >= 0.6 is 0 Å². The standard InChI is InChI=1S/C24H24N2O2Si/c1-25-16-15-20-17-22(13-14-23(20)25)29(2,3)24(18-7-5-4-6-8-18)19-9-11-21(12-10-19)26(27)28/h4-17,24H,1-3H3. The Labute approximate surface area is 171 Å². The quantitative estimate of drug-likeness (QED) is 0.257. The predicted octanol–water partition coefficient (Wildman–Crippen LogP) is 5.37. The van der Waals surface area contributed by atoms with E-state index >= 15 is 0 Å². The van der Waals surface area contributed by atoms with Crippen LogP contribution in [-0.2, 0) is 7.05 Å². The van der Waals surface area contributed by atoms with Crippen molar-refractivity contribution in [1.82, 2.24) is 4.57 Å². The van der Waals surface area contributed by atoms with Crippen molar-refractivity contribution in [3.05, 3.63) is 106 Å². The molecule has 3 aromatic carbocycles. The lowest BCUT2D eigenvalue weighted by Gasteiger charge is -2.34. The highest BCUT2D eigenvalue weighted by Gasteiger charge is 2.36. The molecule has 0 aliphatic heterocycles. The molecule has 0 saturated carbocycles. The minimum atomic E-state index is -2.02. The van der Waals surface area contributed by atoms with Gasteiger partial charge in [0.15, 0.2) is 0 Å². The maximum absolute atomic E-state index is 11.1. The van der Waals surface area contributed by atoms with E-state index in [1.165, 1.54) is 21.7 Å². The molecule has 0 N–H and O–H groups in total. The Morgan fingerprint density at radius 1 is 0.897 bits per heavy atom. The fourth-order valence-electron chi connectivity index (χ4n) is 4.31. The Bertz CT molecular complexity index is 1160. The highest BCUT2D eigenvalue weighted by Crippen LogP contribution is 2.35. The van der Waals surface area contributed by atoms with Crippen LogP contribution in [0.2, 0.25) is 13.1 Å². The van der Waals surface area contributed by atoms with Gasteiger partial charge in [-0.15, -0.1) is 0 Å². The Balaban J connectivity index is 1.85. The monoisotopic (exact) mass is 400 g/mol. The van der Waals surface area contributed by atoms with Crippen LogP contribution in [0.3, 0.4) is 0 Å². The molecule has 0 bridgehead atoms. The van der Waals surface area contributed by atoms with Crippen molar-refractivity contribution in [2.75, 3.05) is 0 Å². The zero-order valence-electron chi connectivity index (χ0n) is 16.9. The minimum Gasteiger partial charge on any atom is -0.351 e. The number of aromatic nitrogens is 1. The molecule has 5 heteroatoms. The Morgan fingerprint density at radius 3 is 2.21 bits per heavy atom. The topological polar surface area (TPSA) is 48.1 Å². The van der Waals surface area contributed by atoms with E-state index in [4.69, 9.17) is 0 Å². The zero-order chi connectivity index (χ0) is 20.6. The predicted molar refractivity (Wildman–Crippen MR) is 121 cm³/mol. The van der Waals surface area contributed by atoms with Crippen molar-refractivity contribution < 1.29 is 4.92 Å². The zero-order valence-corrected chi connectivity index (χ0v) is 17.9. The van der Waals surface area contributed by atoms with Crippen molar-refractivity contribution >= 4 is 29.9 Å². The summed E-state index contributed by atoms with van der Waals surface area (Å²) in [4.78, 5) is 10.8. The van der Waals surface area contributed by atoms with Gasteiger partial charge in [-0.1, -0.05) is 72.9 Å². The van der Waals surface area contributed by atoms with Gasteiger partial charge < -0.3 is 4.57 Å². The molecule has 0 radical (unpaired) electrons. The van der Waals surface area contributed by atoms with Gasteiger partial charge in [-0.25, -0.2) is 0 Å². The van der Waals surface area contributed by atoms with Crippen LogP contribution in [-0.4, -0.2) is 17.6 Å². The molecular weight excluding hydrogens is 376 g/mol. The average molecular weight is 401 g/mol. The van der Waals surface area contributed by atoms with E-state index in [1.54, 1.807) is 12.1 Å². The Hall–Kier alpha value is -3.18. The van der Waals surface area contributed by atoms with Crippen molar-refractivity contribution in [2.24, 2.45) is 7.05 Å². The van der Waals surface area contributed by atoms with E-state index < -0.39 is 8.07 Å². The fraction of sp³-hybridized carbons (Fsp3) is 0.167. The van der Waals surface area contributed by atoms with Crippen molar-refractivity contribution in [1.29, 1.82) is 0 Å². The molecule has 4 rings (SSSR count). The molecule has 1 atom stereocenters. The third-order valence-corrected chi connectivity index (χ3v) is 9.83. The molecular formula is C24H24N2O2Si. The molecule has 0 aliphatic carbocycles. The molecule has 146 valence electrons. The first-order valence-corrected chi connectivity index (χ1v) is 12.8. The van der Waals surface area contributed by atoms with E-state index in [2.05, 4.69) is 79.4 Å². The fourth-order valence-corrected chi connectivity index (χ4v) is 7.73. The van der Waals surface area contributed by atoms with Crippen LogP contribution in [0, 0.1) is 10.1 Å². The second-order valence-electron chi connectivity index (χ2n) is 8.11. The summed E-state index contributed by atoms with van der Waals surface area (Å²) in [6.45, 7) is 4.77. The third-order valence-electron chi connectivity index (χ3n) is 5.92. The molecule has 0 spiro atoms. The number of benzene rings is 3. The number of non-ortho nitro benzene ring substituents is 1. The smallest absolute Gasteiger partial charge is 0.269 e. The lowest BCUT2D eigenvalue weighted by atomic mass is 10.0. The van der Waals surface area contributed by atoms with E-state index in [0.717, 1.165) is 5.56 Å². The largest absolute Gasteiger partial charge is 0.351 e. The summed E-state index contributed by atoms with van der Waals surface area (Å²) in [5.74, 6) is 0. The minimum absolute atomic E-state index is 0.130. The van der Waals surface area contributed by atoms with Crippen LogP contribution < -0.4 is 5.19 Å². The van der Waals surface area contributed by atoms with Gasteiger partial charge in [0.2, 0.25) is 0 Å². The molecule has 0 amide bonds. The summed E-state index contributed by atoms with van der Waals surface area (Å²) >= 11 is 0. The van der Waals surface area contributed by atoms with Crippen LogP contribution in [0.15, 0.2) is 85.1 Å². The van der Waals surface area contributed by atoms with E-state index in [0.29, 0.717) is 0 Å². The average Bonchev–Trinajstić information content (AvgIpc) is 3.09. The summed E-state index contributed by atoms with van der Waals surface area (Å²) in [5.41, 5.74) is 3.94. The number of hydrogen-bond donors (Lipinski definition) is 0. The molecule has 29 heavy (non-hydrogen) atoms. The second-order valence-corrected chi connectivity index (χ2v) is 12.7. The molecule has 4 aromatic rings. The number of rotatable bonds is 5. The van der Waals surface area contributed by atoms with Gasteiger partial charge in [0.1, 0.15) is 0 Å². The number of hydrogen-bond acceptors (Lipinski definition) is 2. The molecule has 1 heterocycles. The van der Waals surface area contributed by atoms with Crippen LogP contribution in [0.5, 0.6) is 0 Å². The first-order chi connectivity index (χ1) is 13.9. The first-order valence-electron chi connectivity index (χ1n) is 9.73. The third kappa shape index (κ3) is 3.49. The summed E-state index contributed by atoms with van der Waals surface area (Å²) in [6.07, 6.45) is 2.09. The van der Waals surface area contributed by atoms with Gasteiger partial charge in [-0.05, 0) is 28.6 Å². The van der Waals surface area contributed by atoms with Crippen molar-refractivity contribution in [2.45, 2.75) is 18.6 Å². The second kappa shape index (κ2) is 7.33. The summed E-state index contributed by atoms with van der Waals surface area (Å²) < 4.78 is 2.14. The van der Waals surface area contributed by atoms with E-state index in [-0.39, 0.29) is 16.2 Å². The van der Waals surface area contributed by atoms with Gasteiger partial charge in [-0.3, -0.25) is 10.1 Å². The number of nitro benzene ring substituents is 1.